The molecule has 2 rings (SSSR count). The second-order valence-corrected chi connectivity index (χ2v) is 12.5. The van der Waals surface area contributed by atoms with Gasteiger partial charge in [0, 0.05) is 11.1 Å². The van der Waals surface area contributed by atoms with E-state index in [4.69, 9.17) is 4.74 Å². The van der Waals surface area contributed by atoms with Crippen LogP contribution < -0.4 is 4.74 Å². The third-order valence-electron chi connectivity index (χ3n) is 5.53. The van der Waals surface area contributed by atoms with Gasteiger partial charge in [-0.15, -0.1) is 0 Å². The lowest BCUT2D eigenvalue weighted by Crippen LogP contribution is -2.18. The number of benzene rings is 2. The first-order valence-corrected chi connectivity index (χ1v) is 10.9. The Hall–Kier alpha value is -1.76. The molecule has 0 fully saturated rings. The van der Waals surface area contributed by atoms with E-state index in [1.54, 1.807) is 0 Å². The summed E-state index contributed by atoms with van der Waals surface area (Å²) < 4.78 is 6.77. The predicted molar refractivity (Wildman–Crippen MR) is 128 cm³/mol. The van der Waals surface area contributed by atoms with Gasteiger partial charge in [-0.1, -0.05) is 107 Å². The van der Waals surface area contributed by atoms with Gasteiger partial charge in [0.05, 0.1) is 0 Å². The molecule has 0 amide bonds. The van der Waals surface area contributed by atoms with Crippen LogP contribution in [0.3, 0.4) is 0 Å². The van der Waals surface area contributed by atoms with Crippen molar-refractivity contribution in [2.45, 2.75) is 105 Å². The summed E-state index contributed by atoms with van der Waals surface area (Å²) in [6, 6.07) is 13.5. The van der Waals surface area contributed by atoms with Crippen molar-refractivity contribution < 1.29 is 4.74 Å². The zero-order valence-corrected chi connectivity index (χ0v) is 20.9. The first-order valence-electron chi connectivity index (χ1n) is 10.9. The third-order valence-corrected chi connectivity index (χ3v) is 5.53. The topological polar surface area (TPSA) is 9.23 Å². The van der Waals surface area contributed by atoms with E-state index in [-0.39, 0.29) is 21.7 Å². The molecule has 0 saturated heterocycles. The summed E-state index contributed by atoms with van der Waals surface area (Å²) >= 11 is 0. The zero-order valence-electron chi connectivity index (χ0n) is 20.9. The highest BCUT2D eigenvalue weighted by molar-refractivity contribution is 5.50. The van der Waals surface area contributed by atoms with Gasteiger partial charge in [-0.2, -0.15) is 0 Å². The van der Waals surface area contributed by atoms with Crippen LogP contribution in [0.4, 0.5) is 0 Å². The molecular weight excluding hydrogens is 352 g/mol. The lowest BCUT2D eigenvalue weighted by molar-refractivity contribution is 0.431. The third kappa shape index (κ3) is 5.65. The highest BCUT2D eigenvalue weighted by Gasteiger charge is 2.26. The summed E-state index contributed by atoms with van der Waals surface area (Å²) in [5, 5.41) is 0. The monoisotopic (exact) mass is 394 g/mol. The van der Waals surface area contributed by atoms with Crippen molar-refractivity contribution in [3.8, 4) is 11.5 Å². The van der Waals surface area contributed by atoms with Crippen LogP contribution in [-0.2, 0) is 21.7 Å². The van der Waals surface area contributed by atoms with E-state index in [9.17, 15) is 0 Å². The minimum absolute atomic E-state index is 0.00921. The standard InChI is InChI=1S/C28H42O/c1-25(2,3)19-13-15-21(27(7,8)9)23(17-19)29-24-18-20(26(4,5)6)14-16-22(24)28(10,11)12/h13-18H,1-12H3. The van der Waals surface area contributed by atoms with E-state index in [0.717, 1.165) is 11.5 Å². The molecule has 2 aromatic rings. The van der Waals surface area contributed by atoms with Crippen molar-refractivity contribution in [3.05, 3.63) is 58.7 Å². The maximum Gasteiger partial charge on any atom is 0.131 e. The van der Waals surface area contributed by atoms with Crippen LogP contribution in [0.1, 0.15) is 105 Å². The van der Waals surface area contributed by atoms with Gasteiger partial charge in [-0.3, -0.25) is 0 Å². The quantitative estimate of drug-likeness (QED) is 0.495. The predicted octanol–water partition coefficient (Wildman–Crippen LogP) is 8.67. The summed E-state index contributed by atoms with van der Waals surface area (Å²) in [4.78, 5) is 0. The lowest BCUT2D eigenvalue weighted by atomic mass is 9.81. The summed E-state index contributed by atoms with van der Waals surface area (Å²) in [5.41, 5.74) is 5.25. The smallest absolute Gasteiger partial charge is 0.131 e. The number of rotatable bonds is 2. The Kier molecular flexibility index (Phi) is 6.07. The van der Waals surface area contributed by atoms with Crippen molar-refractivity contribution >= 4 is 0 Å². The average molecular weight is 395 g/mol. The van der Waals surface area contributed by atoms with E-state index in [1.807, 2.05) is 0 Å². The second kappa shape index (κ2) is 7.49. The average Bonchev–Trinajstić information content (AvgIpc) is 2.51. The van der Waals surface area contributed by atoms with Gasteiger partial charge in [-0.25, -0.2) is 0 Å². The van der Waals surface area contributed by atoms with Gasteiger partial charge < -0.3 is 4.74 Å². The molecule has 0 saturated carbocycles. The zero-order chi connectivity index (χ0) is 22.4. The van der Waals surface area contributed by atoms with Crippen LogP contribution in [-0.4, -0.2) is 0 Å². The highest BCUT2D eigenvalue weighted by atomic mass is 16.5. The van der Waals surface area contributed by atoms with Gasteiger partial charge in [0.15, 0.2) is 0 Å². The van der Waals surface area contributed by atoms with Gasteiger partial charge >= 0.3 is 0 Å². The molecule has 1 heteroatoms. The van der Waals surface area contributed by atoms with Gasteiger partial charge in [0.1, 0.15) is 11.5 Å². The molecule has 0 aliphatic carbocycles. The molecule has 2 aromatic carbocycles. The molecule has 0 aliphatic heterocycles. The summed E-state index contributed by atoms with van der Waals surface area (Å²) in [6.45, 7) is 27.0. The second-order valence-electron chi connectivity index (χ2n) is 12.5. The molecule has 1 nitrogen and oxygen atoms in total. The summed E-state index contributed by atoms with van der Waals surface area (Å²) in [7, 11) is 0. The van der Waals surface area contributed by atoms with Crippen LogP contribution in [0, 0.1) is 0 Å². The van der Waals surface area contributed by atoms with Gasteiger partial charge in [-0.05, 0) is 44.9 Å². The first-order chi connectivity index (χ1) is 12.9. The first kappa shape index (κ1) is 23.5. The van der Waals surface area contributed by atoms with Crippen LogP contribution in [0.2, 0.25) is 0 Å². The molecule has 160 valence electrons. The largest absolute Gasteiger partial charge is 0.457 e. The summed E-state index contributed by atoms with van der Waals surface area (Å²) in [6.07, 6.45) is 0. The molecule has 0 heterocycles. The van der Waals surface area contributed by atoms with Gasteiger partial charge in [0.25, 0.3) is 0 Å². The lowest BCUT2D eigenvalue weighted by Gasteiger charge is -2.29. The number of ether oxygens (including phenoxy) is 1. The fourth-order valence-corrected chi connectivity index (χ4v) is 3.50. The van der Waals surface area contributed by atoms with Crippen molar-refractivity contribution in [3.63, 3.8) is 0 Å². The maximum absolute atomic E-state index is 6.77. The van der Waals surface area contributed by atoms with Crippen LogP contribution >= 0.6 is 0 Å². The molecule has 29 heavy (non-hydrogen) atoms. The Morgan fingerprint density at radius 2 is 0.759 bits per heavy atom. The molecule has 0 spiro atoms. The molecule has 0 atom stereocenters. The minimum atomic E-state index is 0.00921. The maximum atomic E-state index is 6.77. The van der Waals surface area contributed by atoms with E-state index in [2.05, 4.69) is 119 Å². The van der Waals surface area contributed by atoms with Gasteiger partial charge in [0.2, 0.25) is 0 Å². The Morgan fingerprint density at radius 3 is 1.00 bits per heavy atom. The summed E-state index contributed by atoms with van der Waals surface area (Å²) in [5.74, 6) is 1.95. The Bertz CT molecular complexity index is 786. The molecule has 0 aromatic heterocycles. The highest BCUT2D eigenvalue weighted by Crippen LogP contribution is 2.42. The normalized spacial score (nSPS) is 13.5. The molecule has 0 N–H and O–H groups in total. The van der Waals surface area contributed by atoms with E-state index in [1.165, 1.54) is 22.3 Å². The van der Waals surface area contributed by atoms with Crippen LogP contribution in [0.5, 0.6) is 11.5 Å². The van der Waals surface area contributed by atoms with Crippen LogP contribution in [0.25, 0.3) is 0 Å². The van der Waals surface area contributed by atoms with Crippen molar-refractivity contribution in [1.82, 2.24) is 0 Å². The molecular formula is C28H42O. The van der Waals surface area contributed by atoms with E-state index in [0.29, 0.717) is 0 Å². The van der Waals surface area contributed by atoms with Crippen LogP contribution in [0.15, 0.2) is 36.4 Å². The van der Waals surface area contributed by atoms with Crippen molar-refractivity contribution in [2.75, 3.05) is 0 Å². The molecule has 0 aliphatic rings. The molecule has 0 radical (unpaired) electrons. The fourth-order valence-electron chi connectivity index (χ4n) is 3.50. The fraction of sp³-hybridized carbons (Fsp3) is 0.571. The molecule has 0 unspecified atom stereocenters. The van der Waals surface area contributed by atoms with E-state index < -0.39 is 0 Å². The number of hydrogen-bond acceptors (Lipinski definition) is 1. The minimum Gasteiger partial charge on any atom is -0.457 e. The SMILES string of the molecule is CC(C)(C)c1ccc(C(C)(C)C)c(Oc2cc(C(C)(C)C)ccc2C(C)(C)C)c1. The van der Waals surface area contributed by atoms with Crippen molar-refractivity contribution in [1.29, 1.82) is 0 Å². The Morgan fingerprint density at radius 1 is 0.448 bits per heavy atom. The van der Waals surface area contributed by atoms with E-state index >= 15 is 0 Å². The Balaban J connectivity index is 2.71. The number of hydrogen-bond donors (Lipinski definition) is 0. The molecule has 0 bridgehead atoms. The Labute approximate surface area is 179 Å². The van der Waals surface area contributed by atoms with Crippen molar-refractivity contribution in [2.24, 2.45) is 0 Å².